The second-order valence-corrected chi connectivity index (χ2v) is 5.08. The van der Waals surface area contributed by atoms with Crippen LogP contribution in [-0.4, -0.2) is 17.0 Å². The van der Waals surface area contributed by atoms with Crippen molar-refractivity contribution in [3.05, 3.63) is 63.1 Å². The van der Waals surface area contributed by atoms with E-state index in [1.807, 2.05) is 0 Å². The lowest BCUT2D eigenvalue weighted by Gasteiger charge is -2.08. The van der Waals surface area contributed by atoms with Gasteiger partial charge < -0.3 is 9.84 Å². The van der Waals surface area contributed by atoms with Gasteiger partial charge in [0.1, 0.15) is 5.75 Å². The normalized spacial score (nSPS) is 10.1. The summed E-state index contributed by atoms with van der Waals surface area (Å²) < 4.78 is 5.56. The van der Waals surface area contributed by atoms with Gasteiger partial charge in [0.05, 0.1) is 20.6 Å². The lowest BCUT2D eigenvalue weighted by atomic mass is 10.2. The molecule has 0 amide bonds. The Hall–Kier alpha value is -1.85. The summed E-state index contributed by atoms with van der Waals surface area (Å²) in [5.74, 6) is -1.45. The van der Waals surface area contributed by atoms with Crippen molar-refractivity contribution in [3.8, 4) is 5.75 Å². The zero-order chi connectivity index (χ0) is 14.7. The smallest absolute Gasteiger partial charge is 0.345 e. The molecular weight excluding hydrogens is 348 g/mol. The van der Waals surface area contributed by atoms with Gasteiger partial charge in [-0.3, -0.25) is 0 Å². The summed E-state index contributed by atoms with van der Waals surface area (Å²) in [6, 6.07) is 10.6. The first-order valence-corrected chi connectivity index (χ1v) is 6.65. The van der Waals surface area contributed by atoms with Crippen LogP contribution in [0.15, 0.2) is 46.9 Å². The standard InChI is InChI=1S/C14H8BrClO4/c15-10-7-8(13(17)18)5-6-12(10)20-14(19)9-3-1-2-4-11(9)16/h1-7H,(H,17,18). The zero-order valence-corrected chi connectivity index (χ0v) is 12.3. The number of carboxylic acid groups (broad SMARTS) is 1. The van der Waals surface area contributed by atoms with E-state index in [4.69, 9.17) is 21.4 Å². The van der Waals surface area contributed by atoms with Gasteiger partial charge in [-0.2, -0.15) is 0 Å². The number of esters is 1. The number of halogens is 2. The van der Waals surface area contributed by atoms with E-state index in [1.54, 1.807) is 24.3 Å². The van der Waals surface area contributed by atoms with Crippen molar-refractivity contribution in [1.82, 2.24) is 0 Å². The average molecular weight is 356 g/mol. The highest BCUT2D eigenvalue weighted by Gasteiger charge is 2.15. The van der Waals surface area contributed by atoms with Crippen molar-refractivity contribution < 1.29 is 19.4 Å². The summed E-state index contributed by atoms with van der Waals surface area (Å²) in [4.78, 5) is 22.8. The van der Waals surface area contributed by atoms with Crippen LogP contribution in [0.2, 0.25) is 5.02 Å². The molecule has 0 saturated heterocycles. The van der Waals surface area contributed by atoms with E-state index in [0.717, 1.165) is 0 Å². The summed E-state index contributed by atoms with van der Waals surface area (Å²) in [6.45, 7) is 0. The molecule has 0 aromatic heterocycles. The molecule has 0 aliphatic rings. The number of ether oxygens (including phenoxy) is 1. The zero-order valence-electron chi connectivity index (χ0n) is 9.97. The quantitative estimate of drug-likeness (QED) is 0.667. The maximum absolute atomic E-state index is 12.0. The Balaban J connectivity index is 2.25. The predicted octanol–water partition coefficient (Wildman–Crippen LogP) is 4.02. The Morgan fingerprint density at radius 3 is 2.45 bits per heavy atom. The molecule has 0 bridgehead atoms. The monoisotopic (exact) mass is 354 g/mol. The van der Waals surface area contributed by atoms with Crippen LogP contribution in [0, 0.1) is 0 Å². The van der Waals surface area contributed by atoms with E-state index in [9.17, 15) is 9.59 Å². The first-order chi connectivity index (χ1) is 9.49. The van der Waals surface area contributed by atoms with Gasteiger partial charge in [0, 0.05) is 0 Å². The molecule has 0 aliphatic carbocycles. The Morgan fingerprint density at radius 2 is 1.85 bits per heavy atom. The fourth-order valence-electron chi connectivity index (χ4n) is 1.50. The highest BCUT2D eigenvalue weighted by molar-refractivity contribution is 9.10. The topological polar surface area (TPSA) is 63.6 Å². The molecule has 0 aliphatic heterocycles. The summed E-state index contributed by atoms with van der Waals surface area (Å²) >= 11 is 9.06. The van der Waals surface area contributed by atoms with Crippen molar-refractivity contribution >= 4 is 39.5 Å². The molecular formula is C14H8BrClO4. The van der Waals surface area contributed by atoms with E-state index >= 15 is 0 Å². The lowest BCUT2D eigenvalue weighted by Crippen LogP contribution is -2.09. The minimum atomic E-state index is -1.06. The van der Waals surface area contributed by atoms with E-state index < -0.39 is 11.9 Å². The molecule has 2 rings (SSSR count). The molecule has 2 aromatic carbocycles. The van der Waals surface area contributed by atoms with Gasteiger partial charge in [-0.25, -0.2) is 9.59 Å². The lowest BCUT2D eigenvalue weighted by molar-refractivity contribution is 0.0696. The van der Waals surface area contributed by atoms with Gasteiger partial charge in [-0.05, 0) is 46.3 Å². The first kappa shape index (κ1) is 14.6. The SMILES string of the molecule is O=C(O)c1ccc(OC(=O)c2ccccc2Cl)c(Br)c1. The second-order valence-electron chi connectivity index (χ2n) is 3.82. The molecule has 0 spiro atoms. The van der Waals surface area contributed by atoms with Gasteiger partial charge in [0.2, 0.25) is 0 Å². The maximum Gasteiger partial charge on any atom is 0.345 e. The van der Waals surface area contributed by atoms with Crippen molar-refractivity contribution in [2.24, 2.45) is 0 Å². The van der Waals surface area contributed by atoms with Gasteiger partial charge in [0.25, 0.3) is 0 Å². The van der Waals surface area contributed by atoms with Crippen LogP contribution in [0.3, 0.4) is 0 Å². The second kappa shape index (κ2) is 6.07. The van der Waals surface area contributed by atoms with Crippen molar-refractivity contribution in [2.45, 2.75) is 0 Å². The number of carbonyl (C=O) groups is 2. The minimum absolute atomic E-state index is 0.0921. The summed E-state index contributed by atoms with van der Waals surface area (Å²) in [5.41, 5.74) is 0.331. The Morgan fingerprint density at radius 1 is 1.15 bits per heavy atom. The van der Waals surface area contributed by atoms with Crippen LogP contribution in [0.25, 0.3) is 0 Å². The van der Waals surface area contributed by atoms with Crippen LogP contribution in [0.4, 0.5) is 0 Å². The first-order valence-electron chi connectivity index (χ1n) is 5.48. The number of carbonyl (C=O) groups excluding carboxylic acids is 1. The van der Waals surface area contributed by atoms with Crippen molar-refractivity contribution in [3.63, 3.8) is 0 Å². The number of aromatic carboxylic acids is 1. The number of rotatable bonds is 3. The largest absolute Gasteiger partial charge is 0.478 e. The Kier molecular flexibility index (Phi) is 4.42. The van der Waals surface area contributed by atoms with E-state index in [1.165, 1.54) is 18.2 Å². The van der Waals surface area contributed by atoms with E-state index in [2.05, 4.69) is 15.9 Å². The Bertz CT molecular complexity index is 685. The van der Waals surface area contributed by atoms with E-state index in [-0.39, 0.29) is 21.9 Å². The molecule has 102 valence electrons. The van der Waals surface area contributed by atoms with Gasteiger partial charge in [-0.1, -0.05) is 23.7 Å². The molecule has 6 heteroatoms. The number of hydrogen-bond donors (Lipinski definition) is 1. The predicted molar refractivity (Wildman–Crippen MR) is 77.5 cm³/mol. The van der Waals surface area contributed by atoms with Crippen molar-refractivity contribution in [1.29, 1.82) is 0 Å². The van der Waals surface area contributed by atoms with Crippen molar-refractivity contribution in [2.75, 3.05) is 0 Å². The highest BCUT2D eigenvalue weighted by atomic mass is 79.9. The average Bonchev–Trinajstić information content (AvgIpc) is 2.41. The van der Waals surface area contributed by atoms with Gasteiger partial charge in [0.15, 0.2) is 0 Å². The van der Waals surface area contributed by atoms with Crippen LogP contribution in [-0.2, 0) is 0 Å². The summed E-state index contributed by atoms with van der Waals surface area (Å²) in [7, 11) is 0. The van der Waals surface area contributed by atoms with Gasteiger partial charge in [-0.15, -0.1) is 0 Å². The molecule has 0 saturated carbocycles. The molecule has 0 radical (unpaired) electrons. The van der Waals surface area contributed by atoms with Crippen LogP contribution in [0.1, 0.15) is 20.7 Å². The fraction of sp³-hybridized carbons (Fsp3) is 0. The van der Waals surface area contributed by atoms with Crippen LogP contribution in [0.5, 0.6) is 5.75 Å². The number of benzene rings is 2. The molecule has 20 heavy (non-hydrogen) atoms. The fourth-order valence-corrected chi connectivity index (χ4v) is 2.17. The molecule has 0 fully saturated rings. The Labute approximate surface area is 128 Å². The molecule has 1 N–H and O–H groups in total. The molecule has 2 aromatic rings. The molecule has 0 atom stereocenters. The molecule has 0 unspecified atom stereocenters. The third-order valence-electron chi connectivity index (χ3n) is 2.48. The molecule has 0 heterocycles. The third-order valence-corrected chi connectivity index (χ3v) is 3.42. The molecule has 4 nitrogen and oxygen atoms in total. The summed E-state index contributed by atoms with van der Waals surface area (Å²) in [5, 5.41) is 9.14. The number of carboxylic acids is 1. The minimum Gasteiger partial charge on any atom is -0.478 e. The van der Waals surface area contributed by atoms with Gasteiger partial charge >= 0.3 is 11.9 Å². The van der Waals surface area contributed by atoms with Crippen LogP contribution >= 0.6 is 27.5 Å². The highest BCUT2D eigenvalue weighted by Crippen LogP contribution is 2.27. The van der Waals surface area contributed by atoms with E-state index in [0.29, 0.717) is 4.47 Å². The number of hydrogen-bond acceptors (Lipinski definition) is 3. The summed E-state index contributed by atoms with van der Waals surface area (Å²) in [6.07, 6.45) is 0. The maximum atomic E-state index is 12.0. The van der Waals surface area contributed by atoms with Crippen LogP contribution < -0.4 is 4.74 Å². The third kappa shape index (κ3) is 3.18.